The molecular weight excluding hydrogens is 212 g/mol. The number of imidazole rings is 1. The number of hydrogen-bond donors (Lipinski definition) is 0. The van der Waals surface area contributed by atoms with E-state index in [1.807, 2.05) is 18.2 Å². The first-order chi connectivity index (χ1) is 8.20. The van der Waals surface area contributed by atoms with Crippen molar-refractivity contribution in [1.29, 1.82) is 0 Å². The molecule has 17 heavy (non-hydrogen) atoms. The van der Waals surface area contributed by atoms with Crippen molar-refractivity contribution in [2.24, 2.45) is 0 Å². The fourth-order valence-corrected chi connectivity index (χ4v) is 2.33. The first kappa shape index (κ1) is 10.5. The number of rotatable bonds is 3. The summed E-state index contributed by atoms with van der Waals surface area (Å²) in [7, 11) is 0. The Labute approximate surface area is 100 Å². The molecule has 0 atom stereocenters. The van der Waals surface area contributed by atoms with Crippen LogP contribution in [0.3, 0.4) is 0 Å². The van der Waals surface area contributed by atoms with Crippen LogP contribution in [-0.2, 0) is 0 Å². The monoisotopic (exact) mass is 228 g/mol. The Morgan fingerprint density at radius 1 is 1.41 bits per heavy atom. The molecule has 1 aromatic carbocycles. The molecule has 2 aromatic rings. The van der Waals surface area contributed by atoms with Crippen LogP contribution in [0.4, 0.5) is 0 Å². The molecule has 3 rings (SSSR count). The summed E-state index contributed by atoms with van der Waals surface area (Å²) in [5.41, 5.74) is 2.82. The van der Waals surface area contributed by atoms with Gasteiger partial charge in [-0.3, -0.25) is 4.79 Å². The lowest BCUT2D eigenvalue weighted by Crippen LogP contribution is -2.03. The summed E-state index contributed by atoms with van der Waals surface area (Å²) in [6.07, 6.45) is 3.38. The Hall–Kier alpha value is -1.64. The van der Waals surface area contributed by atoms with E-state index in [0.717, 1.165) is 17.6 Å². The van der Waals surface area contributed by atoms with Crippen LogP contribution in [0.15, 0.2) is 18.2 Å². The maximum atomic E-state index is 10.8. The second-order valence-electron chi connectivity index (χ2n) is 5.09. The van der Waals surface area contributed by atoms with Crippen molar-refractivity contribution in [3.05, 3.63) is 29.6 Å². The third kappa shape index (κ3) is 1.66. The molecule has 88 valence electrons. The number of benzene rings is 1. The third-order valence-corrected chi connectivity index (χ3v) is 3.31. The molecule has 3 nitrogen and oxygen atoms in total. The molecule has 0 radical (unpaired) electrons. The van der Waals surface area contributed by atoms with Gasteiger partial charge in [0.05, 0.1) is 11.0 Å². The van der Waals surface area contributed by atoms with E-state index in [9.17, 15) is 4.79 Å². The fraction of sp³-hybridized carbons (Fsp3) is 0.429. The van der Waals surface area contributed by atoms with Crippen LogP contribution >= 0.6 is 0 Å². The lowest BCUT2D eigenvalue weighted by Gasteiger charge is -2.09. The highest BCUT2D eigenvalue weighted by Crippen LogP contribution is 2.40. The second-order valence-corrected chi connectivity index (χ2v) is 5.09. The molecule has 0 bridgehead atoms. The van der Waals surface area contributed by atoms with Crippen LogP contribution in [0, 0.1) is 0 Å². The van der Waals surface area contributed by atoms with Crippen LogP contribution < -0.4 is 0 Å². The van der Waals surface area contributed by atoms with Gasteiger partial charge in [0.25, 0.3) is 0 Å². The van der Waals surface area contributed by atoms with E-state index >= 15 is 0 Å². The van der Waals surface area contributed by atoms with E-state index in [0.29, 0.717) is 17.5 Å². The van der Waals surface area contributed by atoms with Crippen LogP contribution in [0.1, 0.15) is 54.8 Å². The standard InChI is InChI=1S/C14H16N2O/c1-9(2)14-15-12-7-10(8-17)3-6-13(12)16(14)11-4-5-11/h3,6-9,11H,4-5H2,1-2H3. The molecule has 0 spiro atoms. The topological polar surface area (TPSA) is 34.9 Å². The highest BCUT2D eigenvalue weighted by molar-refractivity contribution is 5.85. The second kappa shape index (κ2) is 3.69. The molecule has 1 saturated carbocycles. The van der Waals surface area contributed by atoms with E-state index in [-0.39, 0.29) is 0 Å². The summed E-state index contributed by atoms with van der Waals surface area (Å²) in [4.78, 5) is 15.5. The van der Waals surface area contributed by atoms with Gasteiger partial charge < -0.3 is 4.57 Å². The largest absolute Gasteiger partial charge is 0.325 e. The SMILES string of the molecule is CC(C)c1nc2cc(C=O)ccc2n1C1CC1. The van der Waals surface area contributed by atoms with Crippen molar-refractivity contribution in [1.82, 2.24) is 9.55 Å². The van der Waals surface area contributed by atoms with Gasteiger partial charge in [0.2, 0.25) is 0 Å². The van der Waals surface area contributed by atoms with Crippen LogP contribution in [0.25, 0.3) is 11.0 Å². The number of nitrogens with zero attached hydrogens (tertiary/aromatic N) is 2. The summed E-state index contributed by atoms with van der Waals surface area (Å²) in [6.45, 7) is 4.33. The zero-order chi connectivity index (χ0) is 12.0. The predicted octanol–water partition coefficient (Wildman–Crippen LogP) is 3.31. The van der Waals surface area contributed by atoms with Crippen molar-refractivity contribution >= 4 is 17.3 Å². The van der Waals surface area contributed by atoms with Crippen molar-refractivity contribution in [3.8, 4) is 0 Å². The van der Waals surface area contributed by atoms with Crippen molar-refractivity contribution in [3.63, 3.8) is 0 Å². The average Bonchev–Trinajstić information content (AvgIpc) is 3.08. The van der Waals surface area contributed by atoms with Crippen LogP contribution in [0.5, 0.6) is 0 Å². The van der Waals surface area contributed by atoms with E-state index in [1.54, 1.807) is 0 Å². The Kier molecular flexibility index (Phi) is 2.28. The number of hydrogen-bond acceptors (Lipinski definition) is 2. The molecule has 0 amide bonds. The molecular formula is C14H16N2O. The Morgan fingerprint density at radius 3 is 2.76 bits per heavy atom. The molecule has 1 aliphatic rings. The van der Waals surface area contributed by atoms with Gasteiger partial charge in [0.1, 0.15) is 12.1 Å². The summed E-state index contributed by atoms with van der Waals surface area (Å²) in [5, 5.41) is 0. The zero-order valence-corrected chi connectivity index (χ0v) is 10.2. The van der Waals surface area contributed by atoms with Gasteiger partial charge in [-0.1, -0.05) is 13.8 Å². The number of carbonyl (C=O) groups excluding carboxylic acids is 1. The number of fused-ring (bicyclic) bond motifs is 1. The molecule has 1 fully saturated rings. The average molecular weight is 228 g/mol. The summed E-state index contributed by atoms with van der Waals surface area (Å²) >= 11 is 0. The molecule has 0 aliphatic heterocycles. The third-order valence-electron chi connectivity index (χ3n) is 3.31. The van der Waals surface area contributed by atoms with Crippen molar-refractivity contribution in [2.45, 2.75) is 38.6 Å². The molecule has 0 N–H and O–H groups in total. The van der Waals surface area contributed by atoms with E-state index in [4.69, 9.17) is 0 Å². The van der Waals surface area contributed by atoms with E-state index < -0.39 is 0 Å². The van der Waals surface area contributed by atoms with E-state index in [1.165, 1.54) is 18.4 Å². The van der Waals surface area contributed by atoms with Gasteiger partial charge in [0.15, 0.2) is 0 Å². The predicted molar refractivity (Wildman–Crippen MR) is 67.5 cm³/mol. The first-order valence-electron chi connectivity index (χ1n) is 6.17. The molecule has 3 heteroatoms. The molecule has 1 heterocycles. The normalized spacial score (nSPS) is 15.7. The van der Waals surface area contributed by atoms with Crippen molar-refractivity contribution in [2.75, 3.05) is 0 Å². The Balaban J connectivity index is 2.25. The summed E-state index contributed by atoms with van der Waals surface area (Å²) < 4.78 is 2.36. The maximum Gasteiger partial charge on any atom is 0.150 e. The molecule has 1 aliphatic carbocycles. The Bertz CT molecular complexity index is 579. The molecule has 0 saturated heterocycles. The minimum Gasteiger partial charge on any atom is -0.325 e. The highest BCUT2D eigenvalue weighted by Gasteiger charge is 2.28. The molecule has 0 unspecified atom stereocenters. The maximum absolute atomic E-state index is 10.8. The smallest absolute Gasteiger partial charge is 0.150 e. The number of aldehydes is 1. The van der Waals surface area contributed by atoms with Gasteiger partial charge in [-0.05, 0) is 31.0 Å². The van der Waals surface area contributed by atoms with Crippen LogP contribution in [-0.4, -0.2) is 15.8 Å². The van der Waals surface area contributed by atoms with Gasteiger partial charge in [-0.25, -0.2) is 4.98 Å². The summed E-state index contributed by atoms with van der Waals surface area (Å²) in [5.74, 6) is 1.56. The number of carbonyl (C=O) groups is 1. The van der Waals surface area contributed by atoms with Gasteiger partial charge in [-0.2, -0.15) is 0 Å². The van der Waals surface area contributed by atoms with Crippen molar-refractivity contribution < 1.29 is 4.79 Å². The first-order valence-corrected chi connectivity index (χ1v) is 6.17. The minimum atomic E-state index is 0.419. The Morgan fingerprint density at radius 2 is 2.18 bits per heavy atom. The highest BCUT2D eigenvalue weighted by atomic mass is 16.1. The minimum absolute atomic E-state index is 0.419. The van der Waals surface area contributed by atoms with Crippen LogP contribution in [0.2, 0.25) is 0 Å². The summed E-state index contributed by atoms with van der Waals surface area (Å²) in [6, 6.07) is 6.41. The molecule has 1 aromatic heterocycles. The number of aromatic nitrogens is 2. The van der Waals surface area contributed by atoms with Gasteiger partial charge in [-0.15, -0.1) is 0 Å². The lowest BCUT2D eigenvalue weighted by atomic mass is 10.2. The fourth-order valence-electron chi connectivity index (χ4n) is 2.33. The quantitative estimate of drug-likeness (QED) is 0.755. The lowest BCUT2D eigenvalue weighted by molar-refractivity contribution is 0.112. The van der Waals surface area contributed by atoms with Gasteiger partial charge >= 0.3 is 0 Å². The van der Waals surface area contributed by atoms with E-state index in [2.05, 4.69) is 23.4 Å². The van der Waals surface area contributed by atoms with Gasteiger partial charge in [0, 0.05) is 17.5 Å². The zero-order valence-electron chi connectivity index (χ0n) is 10.2.